The molecule has 1 N–H and O–H groups in total. The summed E-state index contributed by atoms with van der Waals surface area (Å²) < 4.78 is 21.9. The highest BCUT2D eigenvalue weighted by molar-refractivity contribution is 5.91. The largest absolute Gasteiger partial charge is 0.493 e. The van der Waals surface area contributed by atoms with E-state index in [-0.39, 0.29) is 12.4 Å². The minimum Gasteiger partial charge on any atom is -0.493 e. The second-order valence-electron chi connectivity index (χ2n) is 6.76. The van der Waals surface area contributed by atoms with Crippen LogP contribution in [-0.4, -0.2) is 37.9 Å². The van der Waals surface area contributed by atoms with Gasteiger partial charge in [-0.2, -0.15) is 5.10 Å². The molecule has 0 saturated carbocycles. The maximum absolute atomic E-state index is 12.3. The standard InChI is InChI=1S/C24H20N2O6/c1-29-21-13-16(11-12-20(21)32-24(28)17-7-3-2-4-8-17)14-25-26-23(27)22-15-30-18-9-5-6-10-19(18)31-22/h2-14,22H,15H2,1H3,(H,26,27)/b25-14-/t22-/m1/s1. The molecule has 0 saturated heterocycles. The third-order valence-electron chi connectivity index (χ3n) is 4.59. The van der Waals surface area contributed by atoms with Gasteiger partial charge in [-0.3, -0.25) is 4.79 Å². The van der Waals surface area contributed by atoms with Crippen LogP contribution in [0.4, 0.5) is 0 Å². The van der Waals surface area contributed by atoms with E-state index < -0.39 is 18.0 Å². The number of nitrogens with one attached hydrogen (secondary N) is 1. The van der Waals surface area contributed by atoms with E-state index in [1.165, 1.54) is 13.3 Å². The molecule has 0 aliphatic carbocycles. The highest BCUT2D eigenvalue weighted by atomic mass is 16.6. The number of hydrazone groups is 1. The highest BCUT2D eigenvalue weighted by Crippen LogP contribution is 2.31. The predicted octanol–water partition coefficient (Wildman–Crippen LogP) is 3.20. The van der Waals surface area contributed by atoms with Crippen molar-refractivity contribution in [1.82, 2.24) is 5.43 Å². The first-order valence-electron chi connectivity index (χ1n) is 9.80. The molecular weight excluding hydrogens is 412 g/mol. The first kappa shape index (κ1) is 20.9. The fourth-order valence-corrected chi connectivity index (χ4v) is 2.97. The number of fused-ring (bicyclic) bond motifs is 1. The highest BCUT2D eigenvalue weighted by Gasteiger charge is 2.27. The van der Waals surface area contributed by atoms with Crippen LogP contribution in [0.25, 0.3) is 0 Å². The summed E-state index contributed by atoms with van der Waals surface area (Å²) in [5.41, 5.74) is 3.50. The molecular formula is C24H20N2O6. The van der Waals surface area contributed by atoms with Crippen LogP contribution in [-0.2, 0) is 4.79 Å². The zero-order chi connectivity index (χ0) is 22.3. The minimum absolute atomic E-state index is 0.0909. The monoisotopic (exact) mass is 432 g/mol. The van der Waals surface area contributed by atoms with Crippen LogP contribution in [0, 0.1) is 0 Å². The van der Waals surface area contributed by atoms with Crippen molar-refractivity contribution in [2.24, 2.45) is 5.10 Å². The van der Waals surface area contributed by atoms with Gasteiger partial charge in [0.25, 0.3) is 5.91 Å². The molecule has 1 aliphatic heterocycles. The van der Waals surface area contributed by atoms with Gasteiger partial charge in [-0.1, -0.05) is 30.3 Å². The number of esters is 1. The van der Waals surface area contributed by atoms with Gasteiger partial charge in [0.15, 0.2) is 23.0 Å². The van der Waals surface area contributed by atoms with E-state index in [0.29, 0.717) is 28.4 Å². The molecule has 0 radical (unpaired) electrons. The van der Waals surface area contributed by atoms with E-state index in [9.17, 15) is 9.59 Å². The molecule has 0 fully saturated rings. The number of benzene rings is 3. The lowest BCUT2D eigenvalue weighted by Crippen LogP contribution is -2.42. The Bertz CT molecular complexity index is 1150. The van der Waals surface area contributed by atoms with Crippen molar-refractivity contribution < 1.29 is 28.5 Å². The fraction of sp³-hybridized carbons (Fsp3) is 0.125. The smallest absolute Gasteiger partial charge is 0.343 e. The minimum atomic E-state index is -0.809. The average molecular weight is 432 g/mol. The van der Waals surface area contributed by atoms with Gasteiger partial charge in [0, 0.05) is 0 Å². The summed E-state index contributed by atoms with van der Waals surface area (Å²) in [5, 5.41) is 3.96. The lowest BCUT2D eigenvalue weighted by Gasteiger charge is -2.24. The molecule has 0 bridgehead atoms. The van der Waals surface area contributed by atoms with Crippen LogP contribution < -0.4 is 24.4 Å². The number of hydrogen-bond donors (Lipinski definition) is 1. The molecule has 1 amide bonds. The third-order valence-corrected chi connectivity index (χ3v) is 4.59. The topological polar surface area (TPSA) is 95.5 Å². The van der Waals surface area contributed by atoms with Crippen molar-refractivity contribution in [3.8, 4) is 23.0 Å². The summed E-state index contributed by atoms with van der Waals surface area (Å²) in [6, 6.07) is 20.7. The van der Waals surface area contributed by atoms with Crippen LogP contribution in [0.3, 0.4) is 0 Å². The van der Waals surface area contributed by atoms with Crippen molar-refractivity contribution in [3.05, 3.63) is 83.9 Å². The number of nitrogens with zero attached hydrogens (tertiary/aromatic N) is 1. The quantitative estimate of drug-likeness (QED) is 0.278. The normalized spacial score (nSPS) is 14.6. The number of para-hydroxylation sites is 2. The molecule has 8 nitrogen and oxygen atoms in total. The Balaban J connectivity index is 1.37. The maximum atomic E-state index is 12.3. The van der Waals surface area contributed by atoms with Gasteiger partial charge in [-0.05, 0) is 48.0 Å². The second-order valence-corrected chi connectivity index (χ2v) is 6.76. The molecule has 0 spiro atoms. The van der Waals surface area contributed by atoms with Crippen molar-refractivity contribution in [1.29, 1.82) is 0 Å². The van der Waals surface area contributed by atoms with Gasteiger partial charge >= 0.3 is 5.97 Å². The van der Waals surface area contributed by atoms with E-state index in [1.54, 1.807) is 60.7 Å². The SMILES string of the molecule is COc1cc(/C=N\NC(=O)[C@H]2COc3ccccc3O2)ccc1OC(=O)c1ccccc1. The summed E-state index contributed by atoms with van der Waals surface area (Å²) in [7, 11) is 1.47. The lowest BCUT2D eigenvalue weighted by atomic mass is 10.2. The molecule has 4 rings (SSSR count). The maximum Gasteiger partial charge on any atom is 0.343 e. The zero-order valence-corrected chi connectivity index (χ0v) is 17.2. The van der Waals surface area contributed by atoms with E-state index >= 15 is 0 Å². The molecule has 162 valence electrons. The molecule has 32 heavy (non-hydrogen) atoms. The first-order valence-corrected chi connectivity index (χ1v) is 9.80. The molecule has 0 aromatic heterocycles. The van der Waals surface area contributed by atoms with Gasteiger partial charge in [0.05, 0.1) is 18.9 Å². The molecule has 1 atom stereocenters. The first-order chi connectivity index (χ1) is 15.6. The summed E-state index contributed by atoms with van der Waals surface area (Å²) in [4.78, 5) is 24.6. The molecule has 8 heteroatoms. The molecule has 1 aliphatic rings. The van der Waals surface area contributed by atoms with Crippen molar-refractivity contribution in [2.45, 2.75) is 6.10 Å². The Hall–Kier alpha value is -4.33. The van der Waals surface area contributed by atoms with E-state index in [4.69, 9.17) is 18.9 Å². The van der Waals surface area contributed by atoms with E-state index in [2.05, 4.69) is 10.5 Å². The summed E-state index contributed by atoms with van der Waals surface area (Å²) in [6.07, 6.45) is 0.636. The number of carbonyl (C=O) groups excluding carboxylic acids is 2. The third kappa shape index (κ3) is 4.86. The summed E-state index contributed by atoms with van der Waals surface area (Å²) in [5.74, 6) is 0.803. The van der Waals surface area contributed by atoms with Crippen LogP contribution >= 0.6 is 0 Å². The number of amides is 1. The Morgan fingerprint density at radius 2 is 1.75 bits per heavy atom. The van der Waals surface area contributed by atoms with Crippen LogP contribution in [0.15, 0.2) is 77.9 Å². The molecule has 3 aromatic carbocycles. The van der Waals surface area contributed by atoms with Crippen LogP contribution in [0.1, 0.15) is 15.9 Å². The fourth-order valence-electron chi connectivity index (χ4n) is 2.97. The molecule has 1 heterocycles. The average Bonchev–Trinajstić information content (AvgIpc) is 2.85. The predicted molar refractivity (Wildman–Crippen MR) is 116 cm³/mol. The zero-order valence-electron chi connectivity index (χ0n) is 17.2. The number of ether oxygens (including phenoxy) is 4. The van der Waals surface area contributed by atoms with E-state index in [1.807, 2.05) is 12.1 Å². The number of hydrogen-bond acceptors (Lipinski definition) is 7. The Labute approximate surface area is 184 Å². The Kier molecular flexibility index (Phi) is 6.31. The molecule has 3 aromatic rings. The Morgan fingerprint density at radius 3 is 2.53 bits per heavy atom. The van der Waals surface area contributed by atoms with Crippen molar-refractivity contribution >= 4 is 18.1 Å². The van der Waals surface area contributed by atoms with Crippen LogP contribution in [0.2, 0.25) is 0 Å². The van der Waals surface area contributed by atoms with Gasteiger partial charge < -0.3 is 18.9 Å². The molecule has 0 unspecified atom stereocenters. The number of carbonyl (C=O) groups is 2. The Morgan fingerprint density at radius 1 is 1.00 bits per heavy atom. The number of rotatable bonds is 6. The summed E-state index contributed by atoms with van der Waals surface area (Å²) >= 11 is 0. The number of methoxy groups -OCH3 is 1. The van der Waals surface area contributed by atoms with Gasteiger partial charge in [0.2, 0.25) is 6.10 Å². The van der Waals surface area contributed by atoms with Crippen molar-refractivity contribution in [2.75, 3.05) is 13.7 Å². The van der Waals surface area contributed by atoms with Gasteiger partial charge in [0.1, 0.15) is 6.61 Å². The van der Waals surface area contributed by atoms with Gasteiger partial charge in [-0.25, -0.2) is 10.2 Å². The van der Waals surface area contributed by atoms with Gasteiger partial charge in [-0.15, -0.1) is 0 Å². The van der Waals surface area contributed by atoms with E-state index in [0.717, 1.165) is 0 Å². The van der Waals surface area contributed by atoms with Crippen molar-refractivity contribution in [3.63, 3.8) is 0 Å². The van der Waals surface area contributed by atoms with Crippen LogP contribution in [0.5, 0.6) is 23.0 Å². The summed E-state index contributed by atoms with van der Waals surface area (Å²) in [6.45, 7) is 0.0909. The second kappa shape index (κ2) is 9.65. The lowest BCUT2D eigenvalue weighted by molar-refractivity contribution is -0.130.